The standard InChI is InChI=1S/C9H7ClN4O2/c1-5-6(4-11-16-5)9(15)12-8-3-2-7(10)13-14-8/h2-4H,1H3,(H,12,14,15). The second-order valence-electron chi connectivity index (χ2n) is 2.99. The van der Waals surface area contributed by atoms with Gasteiger partial charge in [0.25, 0.3) is 5.91 Å². The lowest BCUT2D eigenvalue weighted by Crippen LogP contribution is -2.13. The van der Waals surface area contributed by atoms with Crippen LogP contribution in [0.5, 0.6) is 0 Å². The summed E-state index contributed by atoms with van der Waals surface area (Å²) < 4.78 is 4.77. The first-order chi connectivity index (χ1) is 7.66. The highest BCUT2D eigenvalue weighted by Gasteiger charge is 2.13. The fraction of sp³-hybridized carbons (Fsp3) is 0.111. The Kier molecular flexibility index (Phi) is 2.82. The van der Waals surface area contributed by atoms with E-state index in [1.54, 1.807) is 13.0 Å². The van der Waals surface area contributed by atoms with Crippen LogP contribution in [0.15, 0.2) is 22.9 Å². The van der Waals surface area contributed by atoms with Gasteiger partial charge in [-0.3, -0.25) is 4.79 Å². The number of carbonyl (C=O) groups is 1. The monoisotopic (exact) mass is 238 g/mol. The Hall–Kier alpha value is -1.95. The predicted octanol–water partition coefficient (Wildman–Crippen LogP) is 1.68. The topological polar surface area (TPSA) is 80.9 Å². The van der Waals surface area contributed by atoms with Crippen molar-refractivity contribution in [1.29, 1.82) is 0 Å². The molecule has 0 atom stereocenters. The van der Waals surface area contributed by atoms with E-state index in [9.17, 15) is 4.79 Å². The molecule has 6 nitrogen and oxygen atoms in total. The molecule has 2 aromatic heterocycles. The van der Waals surface area contributed by atoms with Crippen LogP contribution in [0.3, 0.4) is 0 Å². The quantitative estimate of drug-likeness (QED) is 0.861. The number of hydrogen-bond acceptors (Lipinski definition) is 5. The highest BCUT2D eigenvalue weighted by atomic mass is 35.5. The van der Waals surface area contributed by atoms with Crippen molar-refractivity contribution in [1.82, 2.24) is 15.4 Å². The van der Waals surface area contributed by atoms with Gasteiger partial charge in [-0.15, -0.1) is 10.2 Å². The zero-order valence-electron chi connectivity index (χ0n) is 8.27. The molecule has 1 N–H and O–H groups in total. The van der Waals surface area contributed by atoms with Crippen LogP contribution in [0.4, 0.5) is 5.82 Å². The zero-order valence-corrected chi connectivity index (χ0v) is 9.02. The molecule has 0 bridgehead atoms. The Labute approximate surface area is 95.6 Å². The van der Waals surface area contributed by atoms with E-state index in [-0.39, 0.29) is 11.1 Å². The van der Waals surface area contributed by atoms with Gasteiger partial charge in [0.2, 0.25) is 0 Å². The van der Waals surface area contributed by atoms with E-state index >= 15 is 0 Å². The number of amides is 1. The molecule has 16 heavy (non-hydrogen) atoms. The summed E-state index contributed by atoms with van der Waals surface area (Å²) >= 11 is 5.56. The van der Waals surface area contributed by atoms with E-state index in [2.05, 4.69) is 20.7 Å². The Bertz CT molecular complexity index is 508. The minimum absolute atomic E-state index is 0.263. The van der Waals surface area contributed by atoms with Crippen molar-refractivity contribution in [3.05, 3.63) is 34.8 Å². The number of aromatic nitrogens is 3. The predicted molar refractivity (Wildman–Crippen MR) is 56.2 cm³/mol. The Morgan fingerprint density at radius 1 is 1.44 bits per heavy atom. The molecule has 2 rings (SSSR count). The lowest BCUT2D eigenvalue weighted by Gasteiger charge is -2.01. The van der Waals surface area contributed by atoms with Gasteiger partial charge in [-0.25, -0.2) is 0 Å². The summed E-state index contributed by atoms with van der Waals surface area (Å²) in [5, 5.41) is 13.6. The summed E-state index contributed by atoms with van der Waals surface area (Å²) in [6.07, 6.45) is 1.34. The number of hydrogen-bond donors (Lipinski definition) is 1. The maximum absolute atomic E-state index is 11.7. The van der Waals surface area contributed by atoms with Gasteiger partial charge < -0.3 is 9.84 Å². The Balaban J connectivity index is 2.14. The SMILES string of the molecule is Cc1oncc1C(=O)Nc1ccc(Cl)nn1. The fourth-order valence-electron chi connectivity index (χ4n) is 1.08. The third-order valence-corrected chi connectivity index (χ3v) is 2.07. The Morgan fingerprint density at radius 3 is 2.81 bits per heavy atom. The van der Waals surface area contributed by atoms with E-state index in [1.165, 1.54) is 12.3 Å². The molecular formula is C9H7ClN4O2. The highest BCUT2D eigenvalue weighted by molar-refractivity contribution is 6.29. The molecule has 0 spiro atoms. The van der Waals surface area contributed by atoms with Gasteiger partial charge in [0.15, 0.2) is 11.0 Å². The van der Waals surface area contributed by atoms with Crippen molar-refractivity contribution in [3.8, 4) is 0 Å². The van der Waals surface area contributed by atoms with E-state index in [0.717, 1.165) is 0 Å². The van der Waals surface area contributed by atoms with E-state index < -0.39 is 0 Å². The number of anilines is 1. The van der Waals surface area contributed by atoms with Crippen molar-refractivity contribution in [3.63, 3.8) is 0 Å². The summed E-state index contributed by atoms with van der Waals surface area (Å²) in [6, 6.07) is 3.08. The van der Waals surface area contributed by atoms with Gasteiger partial charge in [-0.2, -0.15) is 0 Å². The van der Waals surface area contributed by atoms with Crippen LogP contribution in [0.25, 0.3) is 0 Å². The third kappa shape index (κ3) is 2.17. The van der Waals surface area contributed by atoms with Crippen LogP contribution in [-0.2, 0) is 0 Å². The third-order valence-electron chi connectivity index (χ3n) is 1.87. The van der Waals surface area contributed by atoms with E-state index in [4.69, 9.17) is 16.1 Å². The molecular weight excluding hydrogens is 232 g/mol. The van der Waals surface area contributed by atoms with Crippen molar-refractivity contribution in [2.24, 2.45) is 0 Å². The normalized spacial score (nSPS) is 10.1. The maximum Gasteiger partial charge on any atom is 0.262 e. The van der Waals surface area contributed by atoms with Crippen LogP contribution in [0.1, 0.15) is 16.1 Å². The molecule has 0 aromatic carbocycles. The summed E-state index contributed by atoms with van der Waals surface area (Å²) in [7, 11) is 0. The first-order valence-electron chi connectivity index (χ1n) is 4.38. The minimum Gasteiger partial charge on any atom is -0.361 e. The highest BCUT2D eigenvalue weighted by Crippen LogP contribution is 2.10. The van der Waals surface area contributed by atoms with Gasteiger partial charge in [-0.1, -0.05) is 16.8 Å². The lowest BCUT2D eigenvalue weighted by molar-refractivity contribution is 0.102. The van der Waals surface area contributed by atoms with Crippen LogP contribution >= 0.6 is 11.6 Å². The second-order valence-corrected chi connectivity index (χ2v) is 3.38. The lowest BCUT2D eigenvalue weighted by atomic mass is 10.2. The molecule has 2 heterocycles. The van der Waals surface area contributed by atoms with E-state index in [1.807, 2.05) is 0 Å². The zero-order chi connectivity index (χ0) is 11.5. The molecule has 82 valence electrons. The molecule has 0 aliphatic rings. The van der Waals surface area contributed by atoms with Gasteiger partial charge in [-0.05, 0) is 19.1 Å². The van der Waals surface area contributed by atoms with Crippen LogP contribution in [0, 0.1) is 6.92 Å². The van der Waals surface area contributed by atoms with Crippen LogP contribution < -0.4 is 5.32 Å². The Morgan fingerprint density at radius 2 is 2.25 bits per heavy atom. The molecule has 1 amide bonds. The van der Waals surface area contributed by atoms with Crippen molar-refractivity contribution in [2.75, 3.05) is 5.32 Å². The molecule has 0 saturated carbocycles. The van der Waals surface area contributed by atoms with Gasteiger partial charge in [0, 0.05) is 0 Å². The molecule has 0 aliphatic heterocycles. The first-order valence-corrected chi connectivity index (χ1v) is 4.76. The second kappa shape index (κ2) is 4.28. The summed E-state index contributed by atoms with van der Waals surface area (Å²) in [5.74, 6) is 0.407. The first kappa shape index (κ1) is 10.6. The van der Waals surface area contributed by atoms with Crippen LogP contribution in [0.2, 0.25) is 5.15 Å². The number of nitrogens with zero attached hydrogens (tertiary/aromatic N) is 3. The number of nitrogens with one attached hydrogen (secondary N) is 1. The largest absolute Gasteiger partial charge is 0.361 e. The molecule has 7 heteroatoms. The minimum atomic E-state index is -0.352. The van der Waals surface area contributed by atoms with Gasteiger partial charge in [0.1, 0.15) is 11.3 Å². The average Bonchev–Trinajstić information content (AvgIpc) is 2.68. The molecule has 0 aliphatic carbocycles. The van der Waals surface area contributed by atoms with Gasteiger partial charge >= 0.3 is 0 Å². The van der Waals surface area contributed by atoms with Crippen molar-refractivity contribution in [2.45, 2.75) is 6.92 Å². The van der Waals surface area contributed by atoms with Crippen LogP contribution in [-0.4, -0.2) is 21.3 Å². The van der Waals surface area contributed by atoms with Crippen molar-refractivity contribution < 1.29 is 9.32 Å². The molecule has 2 aromatic rings. The molecule has 0 radical (unpaired) electrons. The number of halogens is 1. The molecule has 0 unspecified atom stereocenters. The van der Waals surface area contributed by atoms with Crippen molar-refractivity contribution >= 4 is 23.3 Å². The maximum atomic E-state index is 11.7. The average molecular weight is 239 g/mol. The molecule has 0 saturated heterocycles. The number of carbonyl (C=O) groups excluding carboxylic acids is 1. The summed E-state index contributed by atoms with van der Waals surface area (Å²) in [4.78, 5) is 11.7. The molecule has 0 fully saturated rings. The number of rotatable bonds is 2. The van der Waals surface area contributed by atoms with E-state index in [0.29, 0.717) is 17.1 Å². The van der Waals surface area contributed by atoms with Gasteiger partial charge in [0.05, 0.1) is 6.20 Å². The summed E-state index contributed by atoms with van der Waals surface area (Å²) in [5.41, 5.74) is 0.358. The summed E-state index contributed by atoms with van der Waals surface area (Å²) in [6.45, 7) is 1.65. The number of aryl methyl sites for hydroxylation is 1. The smallest absolute Gasteiger partial charge is 0.262 e. The fourth-order valence-corrected chi connectivity index (χ4v) is 1.18.